The first kappa shape index (κ1) is 17.5. The highest BCUT2D eigenvalue weighted by Crippen LogP contribution is 2.29. The van der Waals surface area contributed by atoms with Gasteiger partial charge < -0.3 is 9.80 Å². The maximum Gasteiger partial charge on any atom is 0.151 e. The molecular weight excluding hydrogens is 367 g/mol. The second kappa shape index (κ2) is 7.39. The molecule has 0 amide bonds. The van der Waals surface area contributed by atoms with Crippen molar-refractivity contribution in [2.75, 3.05) is 38.1 Å². The van der Waals surface area contributed by atoms with E-state index in [-0.39, 0.29) is 0 Å². The predicted octanol–water partition coefficient (Wildman–Crippen LogP) is 4.28. The van der Waals surface area contributed by atoms with Gasteiger partial charge in [-0.05, 0) is 24.7 Å². The average molecular weight is 387 g/mol. The first-order valence-corrected chi connectivity index (χ1v) is 9.49. The predicted molar refractivity (Wildman–Crippen MR) is 109 cm³/mol. The topological polar surface area (TPSA) is 32.3 Å². The molecule has 0 unspecified atom stereocenters. The number of aromatic nitrogens is 2. The second-order valence-electron chi connectivity index (χ2n) is 6.70. The number of fused-ring (bicyclic) bond motifs is 1. The van der Waals surface area contributed by atoms with Crippen LogP contribution in [0.4, 0.5) is 5.82 Å². The van der Waals surface area contributed by atoms with E-state index in [0.717, 1.165) is 55.1 Å². The normalized spacial score (nSPS) is 15.6. The van der Waals surface area contributed by atoms with Crippen LogP contribution in [0, 0.1) is 0 Å². The number of benzene rings is 2. The summed E-state index contributed by atoms with van der Waals surface area (Å²) in [6.45, 7) is 3.93. The largest absolute Gasteiger partial charge is 0.353 e. The number of likely N-dealkylation sites (N-methyl/N-ethyl adjacent to an activating group) is 1. The van der Waals surface area contributed by atoms with E-state index in [1.807, 2.05) is 6.07 Å². The summed E-state index contributed by atoms with van der Waals surface area (Å²) in [5.74, 6) is 0.952. The highest BCUT2D eigenvalue weighted by Gasteiger charge is 2.20. The number of hydrogen-bond donors (Lipinski definition) is 0. The number of hydrogen-bond acceptors (Lipinski definition) is 4. The van der Waals surface area contributed by atoms with E-state index in [2.05, 4.69) is 41.1 Å². The molecule has 3 aromatic rings. The lowest BCUT2D eigenvalue weighted by molar-refractivity contribution is 0.312. The fraction of sp³-hybridized carbons (Fsp3) is 0.300. The highest BCUT2D eigenvalue weighted by atomic mass is 35.5. The van der Waals surface area contributed by atoms with Gasteiger partial charge in [-0.3, -0.25) is 0 Å². The molecule has 4 nitrogen and oxygen atoms in total. The van der Waals surface area contributed by atoms with E-state index < -0.39 is 0 Å². The fourth-order valence-electron chi connectivity index (χ4n) is 3.26. The lowest BCUT2D eigenvalue weighted by Crippen LogP contribution is -2.45. The van der Waals surface area contributed by atoms with Crippen molar-refractivity contribution in [2.24, 2.45) is 0 Å². The smallest absolute Gasteiger partial charge is 0.151 e. The Balaban J connectivity index is 1.80. The lowest BCUT2D eigenvalue weighted by Gasteiger charge is -2.34. The highest BCUT2D eigenvalue weighted by molar-refractivity contribution is 6.42. The molecule has 0 atom stereocenters. The zero-order chi connectivity index (χ0) is 18.1. The summed E-state index contributed by atoms with van der Waals surface area (Å²) in [6.07, 6.45) is 0.742. The van der Waals surface area contributed by atoms with Crippen LogP contribution in [0.2, 0.25) is 10.0 Å². The van der Waals surface area contributed by atoms with Crippen molar-refractivity contribution in [1.82, 2.24) is 14.9 Å². The maximum absolute atomic E-state index is 6.19. The van der Waals surface area contributed by atoms with Gasteiger partial charge in [0.05, 0.1) is 26.8 Å². The zero-order valence-electron chi connectivity index (χ0n) is 14.6. The Morgan fingerprint density at radius 2 is 1.50 bits per heavy atom. The molecule has 0 spiro atoms. The van der Waals surface area contributed by atoms with E-state index >= 15 is 0 Å². The van der Waals surface area contributed by atoms with Crippen LogP contribution >= 0.6 is 23.2 Å². The van der Waals surface area contributed by atoms with Crippen molar-refractivity contribution in [3.8, 4) is 0 Å². The third-order valence-corrected chi connectivity index (χ3v) is 5.50. The number of halogens is 2. The molecule has 1 aliphatic heterocycles. The van der Waals surface area contributed by atoms with Crippen molar-refractivity contribution in [3.63, 3.8) is 0 Å². The molecule has 134 valence electrons. The molecule has 0 saturated carbocycles. The molecule has 1 aromatic heterocycles. The molecule has 0 bridgehead atoms. The SMILES string of the molecule is CN1CCN(c2nc3cc(Cl)c(Cl)cc3nc2Cc2ccccc2)CC1. The third-order valence-electron chi connectivity index (χ3n) is 4.77. The number of piperazine rings is 1. The maximum atomic E-state index is 6.19. The van der Waals surface area contributed by atoms with Crippen LogP contribution in [-0.4, -0.2) is 48.1 Å². The van der Waals surface area contributed by atoms with E-state index in [1.54, 1.807) is 12.1 Å². The molecule has 0 aliphatic carbocycles. The van der Waals surface area contributed by atoms with Crippen molar-refractivity contribution < 1.29 is 0 Å². The van der Waals surface area contributed by atoms with Crippen molar-refractivity contribution >= 4 is 40.1 Å². The average Bonchev–Trinajstić information content (AvgIpc) is 2.64. The molecule has 1 fully saturated rings. The quantitative estimate of drug-likeness (QED) is 0.672. The minimum absolute atomic E-state index is 0.506. The van der Waals surface area contributed by atoms with E-state index in [0.29, 0.717) is 10.0 Å². The summed E-state index contributed by atoms with van der Waals surface area (Å²) in [6, 6.07) is 14.0. The van der Waals surface area contributed by atoms with Gasteiger partial charge in [0, 0.05) is 32.6 Å². The summed E-state index contributed by atoms with van der Waals surface area (Å²) >= 11 is 12.4. The molecule has 0 radical (unpaired) electrons. The van der Waals surface area contributed by atoms with Crippen LogP contribution in [-0.2, 0) is 6.42 Å². The van der Waals surface area contributed by atoms with Crippen molar-refractivity contribution in [1.29, 1.82) is 0 Å². The van der Waals surface area contributed by atoms with Gasteiger partial charge >= 0.3 is 0 Å². The van der Waals surface area contributed by atoms with Crippen LogP contribution in [0.15, 0.2) is 42.5 Å². The minimum Gasteiger partial charge on any atom is -0.353 e. The molecule has 4 rings (SSSR count). The van der Waals surface area contributed by atoms with Gasteiger partial charge in [-0.25, -0.2) is 9.97 Å². The zero-order valence-corrected chi connectivity index (χ0v) is 16.1. The number of nitrogens with zero attached hydrogens (tertiary/aromatic N) is 4. The van der Waals surface area contributed by atoms with Crippen LogP contribution in [0.5, 0.6) is 0 Å². The first-order chi connectivity index (χ1) is 12.6. The molecular formula is C20H20Cl2N4. The summed E-state index contributed by atoms with van der Waals surface area (Å²) in [7, 11) is 2.15. The molecule has 2 aromatic carbocycles. The molecule has 0 N–H and O–H groups in total. The lowest BCUT2D eigenvalue weighted by atomic mass is 10.1. The Labute approximate surface area is 163 Å². The van der Waals surface area contributed by atoms with Crippen molar-refractivity contribution in [2.45, 2.75) is 6.42 Å². The second-order valence-corrected chi connectivity index (χ2v) is 7.52. The molecule has 6 heteroatoms. The van der Waals surface area contributed by atoms with E-state index in [4.69, 9.17) is 33.2 Å². The molecule has 2 heterocycles. The van der Waals surface area contributed by atoms with Crippen LogP contribution in [0.3, 0.4) is 0 Å². The fourth-order valence-corrected chi connectivity index (χ4v) is 3.57. The Bertz CT molecular complexity index is 922. The van der Waals surface area contributed by atoms with Gasteiger partial charge in [-0.15, -0.1) is 0 Å². The van der Waals surface area contributed by atoms with Gasteiger partial charge in [0.1, 0.15) is 0 Å². The number of anilines is 1. The van der Waals surface area contributed by atoms with Crippen LogP contribution < -0.4 is 4.90 Å². The summed E-state index contributed by atoms with van der Waals surface area (Å²) < 4.78 is 0. The molecule has 26 heavy (non-hydrogen) atoms. The monoisotopic (exact) mass is 386 g/mol. The van der Waals surface area contributed by atoms with E-state index in [1.165, 1.54) is 5.56 Å². The Hall–Kier alpha value is -1.88. The van der Waals surface area contributed by atoms with Gasteiger partial charge in [0.25, 0.3) is 0 Å². The van der Waals surface area contributed by atoms with Crippen LogP contribution in [0.25, 0.3) is 11.0 Å². The first-order valence-electron chi connectivity index (χ1n) is 8.73. The van der Waals surface area contributed by atoms with Crippen LogP contribution in [0.1, 0.15) is 11.3 Å². The molecule has 1 aliphatic rings. The summed E-state index contributed by atoms with van der Waals surface area (Å²) in [5, 5.41) is 1.01. The Morgan fingerprint density at radius 1 is 0.885 bits per heavy atom. The summed E-state index contributed by atoms with van der Waals surface area (Å²) in [5.41, 5.74) is 3.76. The molecule has 1 saturated heterocycles. The Kier molecular flexibility index (Phi) is 4.98. The third kappa shape index (κ3) is 3.63. The van der Waals surface area contributed by atoms with Gasteiger partial charge in [-0.2, -0.15) is 0 Å². The minimum atomic E-state index is 0.506. The standard InChI is InChI=1S/C20H20Cl2N4/c1-25-7-9-26(10-8-25)20-19(11-14-5-3-2-4-6-14)23-17-12-15(21)16(22)13-18(17)24-20/h2-6,12-13H,7-11H2,1H3. The van der Waals surface area contributed by atoms with Gasteiger partial charge in [-0.1, -0.05) is 53.5 Å². The van der Waals surface area contributed by atoms with E-state index in [9.17, 15) is 0 Å². The number of rotatable bonds is 3. The van der Waals surface area contributed by atoms with Gasteiger partial charge in [0.2, 0.25) is 0 Å². The summed E-state index contributed by atoms with van der Waals surface area (Å²) in [4.78, 5) is 14.5. The van der Waals surface area contributed by atoms with Crippen molar-refractivity contribution in [3.05, 3.63) is 63.8 Å². The Morgan fingerprint density at radius 3 is 2.15 bits per heavy atom. The van der Waals surface area contributed by atoms with Gasteiger partial charge in [0.15, 0.2) is 5.82 Å².